The van der Waals surface area contributed by atoms with Crippen molar-refractivity contribution in [2.75, 3.05) is 0 Å². The van der Waals surface area contributed by atoms with Crippen molar-refractivity contribution in [3.05, 3.63) is 71.0 Å². The highest BCUT2D eigenvalue weighted by Gasteiger charge is 2.08. The molecular formula is C15H11FO2. The van der Waals surface area contributed by atoms with E-state index >= 15 is 0 Å². The van der Waals surface area contributed by atoms with Gasteiger partial charge in [0.1, 0.15) is 0 Å². The minimum atomic E-state index is -0.930. The van der Waals surface area contributed by atoms with Crippen LogP contribution >= 0.6 is 0 Å². The van der Waals surface area contributed by atoms with Crippen molar-refractivity contribution in [2.45, 2.75) is 12.8 Å². The molecule has 0 unspecified atom stereocenters. The van der Waals surface area contributed by atoms with Crippen molar-refractivity contribution in [3.8, 4) is 0 Å². The van der Waals surface area contributed by atoms with Crippen molar-refractivity contribution >= 4 is 5.97 Å². The van der Waals surface area contributed by atoms with Gasteiger partial charge in [0.15, 0.2) is 5.82 Å². The number of carboxylic acid groups (broad SMARTS) is 1. The molecule has 0 heterocycles. The first-order valence-electron chi connectivity index (χ1n) is 5.56. The second-order valence-corrected chi connectivity index (χ2v) is 3.92. The monoisotopic (exact) mass is 242 g/mol. The van der Waals surface area contributed by atoms with Gasteiger partial charge < -0.3 is 5.11 Å². The lowest BCUT2D eigenvalue weighted by molar-refractivity contribution is 0.0695. The number of rotatable bonds is 4. The van der Waals surface area contributed by atoms with Gasteiger partial charge in [-0.15, -0.1) is 0 Å². The van der Waals surface area contributed by atoms with Crippen molar-refractivity contribution in [1.29, 1.82) is 0 Å². The first kappa shape index (κ1) is 12.1. The molecule has 0 amide bonds. The van der Waals surface area contributed by atoms with Crippen molar-refractivity contribution < 1.29 is 14.3 Å². The lowest BCUT2D eigenvalue weighted by Gasteiger charge is -2.04. The van der Waals surface area contributed by atoms with Crippen LogP contribution < -0.4 is 0 Å². The zero-order chi connectivity index (χ0) is 13.0. The fourth-order valence-corrected chi connectivity index (χ4v) is 1.76. The van der Waals surface area contributed by atoms with Crippen molar-refractivity contribution in [1.82, 2.24) is 0 Å². The topological polar surface area (TPSA) is 37.3 Å². The van der Waals surface area contributed by atoms with E-state index < -0.39 is 11.8 Å². The molecule has 0 aliphatic rings. The van der Waals surface area contributed by atoms with Crippen LogP contribution in [0.25, 0.3) is 0 Å². The Balaban J connectivity index is 2.10. The highest BCUT2D eigenvalue weighted by Crippen LogP contribution is 2.12. The summed E-state index contributed by atoms with van der Waals surface area (Å²) in [5, 5.41) is 9.04. The zero-order valence-corrected chi connectivity index (χ0v) is 9.61. The van der Waals surface area contributed by atoms with Gasteiger partial charge in [0.2, 0.25) is 0 Å². The second-order valence-electron chi connectivity index (χ2n) is 3.92. The summed E-state index contributed by atoms with van der Waals surface area (Å²) in [6.07, 6.45) is 1.19. The van der Waals surface area contributed by atoms with Gasteiger partial charge in [-0.1, -0.05) is 24.3 Å². The maximum Gasteiger partial charge on any atom is 0.335 e. The smallest absolute Gasteiger partial charge is 0.335 e. The van der Waals surface area contributed by atoms with Crippen LogP contribution in [0.3, 0.4) is 0 Å². The molecule has 3 heteroatoms. The maximum atomic E-state index is 12.7. The first-order valence-corrected chi connectivity index (χ1v) is 5.56. The number of benzene rings is 1. The highest BCUT2D eigenvalue weighted by molar-refractivity contribution is 5.89. The van der Waals surface area contributed by atoms with Gasteiger partial charge in [0.25, 0.3) is 0 Å². The summed E-state index contributed by atoms with van der Waals surface area (Å²) in [5.41, 5.74) is 1.89. The molecule has 0 saturated carbocycles. The Hall–Kier alpha value is -2.34. The van der Waals surface area contributed by atoms with Crippen LogP contribution in [0.15, 0.2) is 36.4 Å². The van der Waals surface area contributed by atoms with Crippen LogP contribution in [-0.2, 0) is 12.8 Å². The summed E-state index contributed by atoms with van der Waals surface area (Å²) in [6.45, 7) is 0. The number of hydrogen-bond donors (Lipinski definition) is 1. The molecule has 1 N–H and O–H groups in total. The SMILES string of the molecule is O=C(O)c1ccccc1CCc1c#cc(F)cc1. The normalized spacial score (nSPS) is 9.83. The third-order valence-corrected chi connectivity index (χ3v) is 2.68. The molecule has 2 aromatic carbocycles. The number of halogens is 1. The Kier molecular flexibility index (Phi) is 3.59. The third-order valence-electron chi connectivity index (χ3n) is 2.68. The average molecular weight is 242 g/mol. The number of carbonyl (C=O) groups is 1. The Morgan fingerprint density at radius 1 is 1.11 bits per heavy atom. The van der Waals surface area contributed by atoms with E-state index in [1.165, 1.54) is 6.07 Å². The molecule has 0 aliphatic heterocycles. The molecule has 0 fully saturated rings. The number of aromatic carboxylic acids is 1. The fraction of sp³-hybridized carbons (Fsp3) is 0.133. The van der Waals surface area contributed by atoms with Crippen LogP contribution in [-0.4, -0.2) is 11.1 Å². The molecule has 0 atom stereocenters. The number of aryl methyl sites for hydroxylation is 2. The Morgan fingerprint density at radius 3 is 2.56 bits per heavy atom. The van der Waals surface area contributed by atoms with Crippen LogP contribution in [0.2, 0.25) is 0 Å². The molecular weight excluding hydrogens is 231 g/mol. The molecule has 2 nitrogen and oxygen atoms in total. The van der Waals surface area contributed by atoms with E-state index in [1.54, 1.807) is 24.3 Å². The summed E-state index contributed by atoms with van der Waals surface area (Å²) in [7, 11) is 0. The van der Waals surface area contributed by atoms with Crippen molar-refractivity contribution in [3.63, 3.8) is 0 Å². The minimum Gasteiger partial charge on any atom is -0.478 e. The molecule has 0 bridgehead atoms. The minimum absolute atomic E-state index is 0.309. The Morgan fingerprint density at radius 2 is 1.89 bits per heavy atom. The third kappa shape index (κ3) is 2.86. The van der Waals surface area contributed by atoms with E-state index in [1.807, 2.05) is 6.07 Å². The summed E-state index contributed by atoms with van der Waals surface area (Å²) < 4.78 is 12.7. The predicted octanol–water partition coefficient (Wildman–Crippen LogP) is 2.91. The van der Waals surface area contributed by atoms with Crippen LogP contribution in [0.5, 0.6) is 0 Å². The lowest BCUT2D eigenvalue weighted by Crippen LogP contribution is -2.03. The van der Waals surface area contributed by atoms with E-state index in [0.29, 0.717) is 18.4 Å². The van der Waals surface area contributed by atoms with E-state index in [4.69, 9.17) is 5.11 Å². The zero-order valence-electron chi connectivity index (χ0n) is 9.61. The Bertz CT molecular complexity index is 547. The molecule has 0 saturated heterocycles. The molecule has 0 aromatic heterocycles. The lowest BCUT2D eigenvalue weighted by atomic mass is 10.0. The van der Waals surface area contributed by atoms with Gasteiger partial charge in [0, 0.05) is 5.56 Å². The van der Waals surface area contributed by atoms with E-state index in [-0.39, 0.29) is 0 Å². The summed E-state index contributed by atoms with van der Waals surface area (Å²) in [4.78, 5) is 11.0. The molecule has 2 aromatic rings. The van der Waals surface area contributed by atoms with Gasteiger partial charge >= 0.3 is 5.97 Å². The van der Waals surface area contributed by atoms with Gasteiger partial charge in [-0.25, -0.2) is 4.79 Å². The quantitative estimate of drug-likeness (QED) is 0.895. The molecule has 0 spiro atoms. The average Bonchev–Trinajstić information content (AvgIpc) is 2.38. The van der Waals surface area contributed by atoms with Gasteiger partial charge in [-0.2, -0.15) is 4.39 Å². The van der Waals surface area contributed by atoms with Crippen molar-refractivity contribution in [2.24, 2.45) is 0 Å². The fourth-order valence-electron chi connectivity index (χ4n) is 1.76. The maximum absolute atomic E-state index is 12.7. The Labute approximate surface area is 105 Å². The molecule has 18 heavy (non-hydrogen) atoms. The molecule has 0 radical (unpaired) electrons. The molecule has 2 rings (SSSR count). The van der Waals surface area contributed by atoms with E-state index in [9.17, 15) is 9.18 Å². The second kappa shape index (κ2) is 5.33. The van der Waals surface area contributed by atoms with E-state index in [0.717, 1.165) is 11.1 Å². The summed E-state index contributed by atoms with van der Waals surface area (Å²) in [5.74, 6) is -1.37. The summed E-state index contributed by atoms with van der Waals surface area (Å²) >= 11 is 0. The van der Waals surface area contributed by atoms with E-state index in [2.05, 4.69) is 12.1 Å². The number of carboxylic acids is 1. The number of hydrogen-bond acceptors (Lipinski definition) is 1. The van der Waals surface area contributed by atoms with Crippen LogP contribution in [0.4, 0.5) is 4.39 Å². The standard InChI is InChI=1S/C15H11FO2/c16-13-9-6-11(7-10-13)5-8-12-3-1-2-4-14(12)15(17)18/h1-4,6,9H,5,8H2,(H,17,18). The predicted molar refractivity (Wildman–Crippen MR) is 64.9 cm³/mol. The van der Waals surface area contributed by atoms with Crippen LogP contribution in [0, 0.1) is 17.9 Å². The van der Waals surface area contributed by atoms with Gasteiger partial charge in [-0.05, 0) is 42.7 Å². The molecule has 90 valence electrons. The van der Waals surface area contributed by atoms with Gasteiger partial charge in [-0.3, -0.25) is 0 Å². The van der Waals surface area contributed by atoms with Crippen LogP contribution in [0.1, 0.15) is 21.5 Å². The largest absolute Gasteiger partial charge is 0.478 e. The molecule has 0 aliphatic carbocycles. The summed E-state index contributed by atoms with van der Waals surface area (Å²) in [6, 6.07) is 14.9. The highest BCUT2D eigenvalue weighted by atomic mass is 19.1. The van der Waals surface area contributed by atoms with Gasteiger partial charge in [0.05, 0.1) is 5.56 Å². The first-order chi connectivity index (χ1) is 8.66.